The smallest absolute Gasteiger partial charge is 0.0395 e. The molecule has 0 spiro atoms. The van der Waals surface area contributed by atoms with E-state index in [1.807, 2.05) is 18.2 Å². The van der Waals surface area contributed by atoms with Crippen molar-refractivity contribution < 1.29 is 0 Å². The van der Waals surface area contributed by atoms with E-state index >= 15 is 0 Å². The van der Waals surface area contributed by atoms with Gasteiger partial charge in [-0.2, -0.15) is 0 Å². The Bertz CT molecular complexity index is 1190. The van der Waals surface area contributed by atoms with Crippen LogP contribution in [-0.2, 0) is 0 Å². The number of aryl methyl sites for hydroxylation is 7. The monoisotopic (exact) mass is 621 g/mol. The molecule has 2 atom stereocenters. The highest BCUT2D eigenvalue weighted by Gasteiger charge is 2.13. The van der Waals surface area contributed by atoms with Gasteiger partial charge in [-0.15, -0.1) is 0 Å². The van der Waals surface area contributed by atoms with Crippen LogP contribution in [0.25, 0.3) is 0 Å². The van der Waals surface area contributed by atoms with E-state index in [1.165, 1.54) is 96.7 Å². The van der Waals surface area contributed by atoms with Gasteiger partial charge in [-0.3, -0.25) is 0 Å². The summed E-state index contributed by atoms with van der Waals surface area (Å²) in [5, 5.41) is 0. The predicted octanol–water partition coefficient (Wildman–Crippen LogP) is 14.3. The van der Waals surface area contributed by atoms with Crippen LogP contribution in [0.5, 0.6) is 0 Å². The van der Waals surface area contributed by atoms with Gasteiger partial charge in [-0.05, 0) is 83.8 Å². The van der Waals surface area contributed by atoms with Gasteiger partial charge < -0.3 is 0 Å². The summed E-state index contributed by atoms with van der Waals surface area (Å²) in [4.78, 5) is 0. The first-order valence-corrected chi connectivity index (χ1v) is 18.1. The summed E-state index contributed by atoms with van der Waals surface area (Å²) in [5.41, 5.74) is 9.39. The third kappa shape index (κ3) is 22.4. The van der Waals surface area contributed by atoms with Crippen molar-refractivity contribution in [1.29, 1.82) is 0 Å². The lowest BCUT2D eigenvalue weighted by atomic mass is 9.84. The van der Waals surface area contributed by atoms with Crippen LogP contribution in [0, 0.1) is 66.2 Å². The Balaban J connectivity index is 0.000000276. The molecule has 2 saturated carbocycles. The normalized spacial score (nSPS) is 16.9. The maximum absolute atomic E-state index is 2.37. The number of rotatable bonds is 0. The lowest BCUT2D eigenvalue weighted by Crippen LogP contribution is -2.09. The van der Waals surface area contributed by atoms with Crippen molar-refractivity contribution in [2.75, 3.05) is 0 Å². The fraction of sp³-hybridized carbons (Fsp3) is 0.478. The van der Waals surface area contributed by atoms with Gasteiger partial charge in [0.1, 0.15) is 0 Å². The zero-order valence-electron chi connectivity index (χ0n) is 31.4. The average Bonchev–Trinajstić information content (AvgIpc) is 3.02. The minimum Gasteiger partial charge on any atom is -0.0625 e. The van der Waals surface area contributed by atoms with Gasteiger partial charge in [0, 0.05) is 0 Å². The van der Waals surface area contributed by atoms with Gasteiger partial charge in [0.15, 0.2) is 0 Å². The molecule has 0 amide bonds. The topological polar surface area (TPSA) is 0 Å². The Kier molecular flexibility index (Phi) is 22.3. The van der Waals surface area contributed by atoms with Gasteiger partial charge in [0.05, 0.1) is 0 Å². The fourth-order valence-corrected chi connectivity index (χ4v) is 5.69. The van der Waals surface area contributed by atoms with Crippen molar-refractivity contribution in [2.45, 2.75) is 127 Å². The van der Waals surface area contributed by atoms with Crippen molar-refractivity contribution in [3.8, 4) is 0 Å². The molecule has 0 N–H and O–H groups in total. The maximum atomic E-state index is 2.37. The molecule has 0 aromatic heterocycles. The second-order valence-electron chi connectivity index (χ2n) is 14.2. The molecule has 6 rings (SSSR count). The molecular weight excluding hydrogens is 553 g/mol. The molecule has 0 nitrogen and oxygen atoms in total. The second kappa shape index (κ2) is 25.0. The lowest BCUT2D eigenvalue weighted by molar-refractivity contribution is 0.301. The van der Waals surface area contributed by atoms with Crippen molar-refractivity contribution in [1.82, 2.24) is 0 Å². The molecule has 0 aliphatic heterocycles. The minimum absolute atomic E-state index is 1.01. The third-order valence-corrected chi connectivity index (χ3v) is 8.85. The summed E-state index contributed by atoms with van der Waals surface area (Å²) in [5.74, 6) is 3.06. The molecule has 2 aliphatic carbocycles. The van der Waals surface area contributed by atoms with Gasteiger partial charge in [0.25, 0.3) is 0 Å². The SMILES string of the molecule is CC1CCCC(C)C1.CC1CCCCC1.Cc1ccc(C)cc1.Cc1cccc(C)c1.Cc1ccccc1.Cc1ccccc1C. The summed E-state index contributed by atoms with van der Waals surface area (Å²) < 4.78 is 0. The largest absolute Gasteiger partial charge is 0.0625 e. The highest BCUT2D eigenvalue weighted by atomic mass is 14.2. The van der Waals surface area contributed by atoms with E-state index in [9.17, 15) is 0 Å². The summed E-state index contributed by atoms with van der Waals surface area (Å²) in [6.07, 6.45) is 13.3. The number of hydrogen-bond donors (Lipinski definition) is 0. The van der Waals surface area contributed by atoms with E-state index in [0.717, 1.165) is 17.8 Å². The van der Waals surface area contributed by atoms with Crippen LogP contribution in [0.15, 0.2) is 103 Å². The Morgan fingerprint density at radius 2 is 0.717 bits per heavy atom. The molecule has 4 aromatic rings. The first-order valence-electron chi connectivity index (χ1n) is 18.1. The Labute approximate surface area is 286 Å². The van der Waals surface area contributed by atoms with Crippen LogP contribution in [0.2, 0.25) is 0 Å². The van der Waals surface area contributed by atoms with E-state index < -0.39 is 0 Å². The summed E-state index contributed by atoms with van der Waals surface area (Å²) >= 11 is 0. The Morgan fingerprint density at radius 1 is 0.348 bits per heavy atom. The highest BCUT2D eigenvalue weighted by molar-refractivity contribution is 5.23. The number of benzene rings is 4. The molecule has 0 bridgehead atoms. The predicted molar refractivity (Wildman–Crippen MR) is 208 cm³/mol. The molecule has 4 aromatic carbocycles. The van der Waals surface area contributed by atoms with E-state index in [1.54, 1.807) is 0 Å². The van der Waals surface area contributed by atoms with Crippen molar-refractivity contribution >= 4 is 0 Å². The molecule has 0 saturated heterocycles. The quantitative estimate of drug-likeness (QED) is 0.183. The van der Waals surface area contributed by atoms with Crippen molar-refractivity contribution in [3.63, 3.8) is 0 Å². The number of hydrogen-bond acceptors (Lipinski definition) is 0. The molecule has 2 aliphatic rings. The summed E-state index contributed by atoms with van der Waals surface area (Å²) in [7, 11) is 0. The van der Waals surface area contributed by atoms with Crippen LogP contribution in [0.4, 0.5) is 0 Å². The van der Waals surface area contributed by atoms with Gasteiger partial charge in [-0.25, -0.2) is 0 Å². The Hall–Kier alpha value is -3.12. The molecule has 2 unspecified atom stereocenters. The van der Waals surface area contributed by atoms with Crippen LogP contribution in [-0.4, -0.2) is 0 Å². The molecule has 0 heterocycles. The first kappa shape index (κ1) is 40.9. The van der Waals surface area contributed by atoms with Crippen LogP contribution < -0.4 is 0 Å². The molecular formula is C46H68. The standard InChI is InChI=1S/C8H10.C8H16.2C8H10.C7H14.C7H8/c1-7-3-5-8(2)6-4-7;2*1-7-4-3-5-8(2)6-7;1-7-5-3-4-6-8(7)2;2*1-7-5-3-2-4-6-7/h3-6H,1-2H3;7-8H,3-6H2,1-2H3;2*3-6H,1-2H3;7H,2-6H2,1H3;2-6H,1H3. The molecule has 0 radical (unpaired) electrons. The van der Waals surface area contributed by atoms with E-state index in [-0.39, 0.29) is 0 Å². The molecule has 0 heteroatoms. The Morgan fingerprint density at radius 3 is 0.978 bits per heavy atom. The van der Waals surface area contributed by atoms with Gasteiger partial charge >= 0.3 is 0 Å². The van der Waals surface area contributed by atoms with E-state index in [2.05, 4.69) is 154 Å². The van der Waals surface area contributed by atoms with E-state index in [4.69, 9.17) is 0 Å². The lowest BCUT2D eigenvalue weighted by Gasteiger charge is -2.22. The molecule has 252 valence electrons. The highest BCUT2D eigenvalue weighted by Crippen LogP contribution is 2.27. The van der Waals surface area contributed by atoms with Crippen LogP contribution in [0.3, 0.4) is 0 Å². The summed E-state index contributed by atoms with van der Waals surface area (Å²) in [6.45, 7) is 21.8. The molecule has 46 heavy (non-hydrogen) atoms. The fourth-order valence-electron chi connectivity index (χ4n) is 5.69. The zero-order valence-corrected chi connectivity index (χ0v) is 31.4. The average molecular weight is 621 g/mol. The molecule has 2 fully saturated rings. The zero-order chi connectivity index (χ0) is 34.2. The van der Waals surface area contributed by atoms with Crippen molar-refractivity contribution in [3.05, 3.63) is 142 Å². The van der Waals surface area contributed by atoms with Gasteiger partial charge in [0.2, 0.25) is 0 Å². The van der Waals surface area contributed by atoms with Crippen molar-refractivity contribution in [2.24, 2.45) is 17.8 Å². The van der Waals surface area contributed by atoms with Crippen LogP contribution in [0.1, 0.15) is 118 Å². The van der Waals surface area contributed by atoms with Gasteiger partial charge in [-0.1, -0.05) is 203 Å². The second-order valence-corrected chi connectivity index (χ2v) is 14.2. The summed E-state index contributed by atoms with van der Waals surface area (Å²) in [6, 6.07) is 35.5. The first-order chi connectivity index (χ1) is 22.0. The van der Waals surface area contributed by atoms with E-state index in [0.29, 0.717) is 0 Å². The third-order valence-electron chi connectivity index (χ3n) is 8.85. The maximum Gasteiger partial charge on any atom is -0.0395 e. The van der Waals surface area contributed by atoms with Crippen LogP contribution >= 0.6 is 0 Å². The minimum atomic E-state index is 1.01.